The molecule has 0 bridgehead atoms. The van der Waals surface area contributed by atoms with Crippen LogP contribution < -0.4 is 10.4 Å². The van der Waals surface area contributed by atoms with Crippen LogP contribution in [0.1, 0.15) is 5.76 Å². The van der Waals surface area contributed by atoms with E-state index in [2.05, 4.69) is 0 Å². The number of aliphatic hydroxyl groups is 1. The van der Waals surface area contributed by atoms with Gasteiger partial charge < -0.3 is 14.3 Å². The standard InChI is InChI=1S/C8H10O4/c1-6-4-7(11-3-2-9)5-8(10)12-6/h4-5,9H,2-3H2,1H3. The molecule has 0 saturated carbocycles. The molecule has 1 N–H and O–H groups in total. The van der Waals surface area contributed by atoms with Crippen LogP contribution in [-0.4, -0.2) is 18.3 Å². The smallest absolute Gasteiger partial charge is 0.339 e. The van der Waals surface area contributed by atoms with E-state index in [0.29, 0.717) is 11.5 Å². The van der Waals surface area contributed by atoms with Gasteiger partial charge in [-0.05, 0) is 6.92 Å². The van der Waals surface area contributed by atoms with Gasteiger partial charge in [0.15, 0.2) is 0 Å². The molecule has 4 nitrogen and oxygen atoms in total. The summed E-state index contributed by atoms with van der Waals surface area (Å²) in [6.07, 6.45) is 0. The fourth-order valence-electron chi connectivity index (χ4n) is 0.823. The summed E-state index contributed by atoms with van der Waals surface area (Å²) in [5, 5.41) is 8.44. The van der Waals surface area contributed by atoms with Crippen molar-refractivity contribution in [3.05, 3.63) is 28.3 Å². The third kappa shape index (κ3) is 2.39. The molecular weight excluding hydrogens is 160 g/mol. The van der Waals surface area contributed by atoms with Gasteiger partial charge in [0.1, 0.15) is 18.1 Å². The van der Waals surface area contributed by atoms with Gasteiger partial charge in [-0.1, -0.05) is 0 Å². The maximum Gasteiger partial charge on any atom is 0.339 e. The van der Waals surface area contributed by atoms with Gasteiger partial charge in [-0.25, -0.2) is 4.79 Å². The van der Waals surface area contributed by atoms with Crippen LogP contribution >= 0.6 is 0 Å². The monoisotopic (exact) mass is 170 g/mol. The van der Waals surface area contributed by atoms with E-state index in [0.717, 1.165) is 0 Å². The van der Waals surface area contributed by atoms with Crippen LogP contribution in [0.3, 0.4) is 0 Å². The zero-order valence-corrected chi connectivity index (χ0v) is 6.74. The summed E-state index contributed by atoms with van der Waals surface area (Å²) in [4.78, 5) is 10.8. The van der Waals surface area contributed by atoms with E-state index in [1.165, 1.54) is 6.07 Å². The summed E-state index contributed by atoms with van der Waals surface area (Å²) in [6.45, 7) is 1.77. The highest BCUT2D eigenvalue weighted by Crippen LogP contribution is 2.08. The lowest BCUT2D eigenvalue weighted by Gasteiger charge is -2.02. The Kier molecular flexibility index (Phi) is 2.88. The fraction of sp³-hybridized carbons (Fsp3) is 0.375. The van der Waals surface area contributed by atoms with Gasteiger partial charge in [0.05, 0.1) is 12.7 Å². The molecule has 1 aromatic heterocycles. The molecular formula is C8H10O4. The second kappa shape index (κ2) is 3.92. The molecule has 1 heterocycles. The molecule has 0 unspecified atom stereocenters. The lowest BCUT2D eigenvalue weighted by molar-refractivity contribution is 0.200. The number of aliphatic hydroxyl groups excluding tert-OH is 1. The number of rotatable bonds is 3. The molecule has 0 aliphatic heterocycles. The predicted molar refractivity (Wildman–Crippen MR) is 42.3 cm³/mol. The summed E-state index contributed by atoms with van der Waals surface area (Å²) in [6, 6.07) is 2.83. The Morgan fingerprint density at radius 1 is 1.58 bits per heavy atom. The van der Waals surface area contributed by atoms with Crippen molar-refractivity contribution in [2.45, 2.75) is 6.92 Å². The van der Waals surface area contributed by atoms with Crippen LogP contribution in [0.15, 0.2) is 21.3 Å². The molecule has 0 aliphatic rings. The van der Waals surface area contributed by atoms with Crippen molar-refractivity contribution in [1.29, 1.82) is 0 Å². The first-order chi connectivity index (χ1) is 5.72. The van der Waals surface area contributed by atoms with E-state index >= 15 is 0 Å². The van der Waals surface area contributed by atoms with Crippen LogP contribution in [0.2, 0.25) is 0 Å². The second-order valence-corrected chi connectivity index (χ2v) is 2.29. The molecule has 0 radical (unpaired) electrons. The Morgan fingerprint density at radius 2 is 2.33 bits per heavy atom. The Balaban J connectivity index is 2.79. The van der Waals surface area contributed by atoms with Crippen molar-refractivity contribution < 1.29 is 14.3 Å². The molecule has 4 heteroatoms. The highest BCUT2D eigenvalue weighted by atomic mass is 16.5. The molecule has 0 fully saturated rings. The lowest BCUT2D eigenvalue weighted by Crippen LogP contribution is -2.05. The first-order valence-electron chi connectivity index (χ1n) is 3.58. The third-order valence-corrected chi connectivity index (χ3v) is 1.23. The first kappa shape index (κ1) is 8.80. The molecule has 1 rings (SSSR count). The highest BCUT2D eigenvalue weighted by Gasteiger charge is 1.97. The molecule has 1 aromatic rings. The maximum absolute atomic E-state index is 10.8. The van der Waals surface area contributed by atoms with E-state index < -0.39 is 5.63 Å². The molecule has 0 aromatic carbocycles. The molecule has 12 heavy (non-hydrogen) atoms. The topological polar surface area (TPSA) is 59.7 Å². The number of ether oxygens (including phenoxy) is 1. The molecule has 0 amide bonds. The summed E-state index contributed by atoms with van der Waals surface area (Å²) < 4.78 is 9.71. The quantitative estimate of drug-likeness (QED) is 0.709. The first-order valence-corrected chi connectivity index (χ1v) is 3.58. The Labute approximate surface area is 69.4 Å². The zero-order valence-electron chi connectivity index (χ0n) is 6.74. The van der Waals surface area contributed by atoms with Gasteiger partial charge in [-0.3, -0.25) is 0 Å². The van der Waals surface area contributed by atoms with E-state index in [-0.39, 0.29) is 13.2 Å². The van der Waals surface area contributed by atoms with Gasteiger partial charge in [0.25, 0.3) is 0 Å². The summed E-state index contributed by atoms with van der Waals surface area (Å²) >= 11 is 0. The minimum absolute atomic E-state index is 0.0702. The second-order valence-electron chi connectivity index (χ2n) is 2.29. The molecule has 0 aliphatic carbocycles. The lowest BCUT2D eigenvalue weighted by atomic mass is 10.4. The Bertz CT molecular complexity index is 302. The van der Waals surface area contributed by atoms with Crippen molar-refractivity contribution >= 4 is 0 Å². The average Bonchev–Trinajstić information content (AvgIpc) is 1.99. The number of aryl methyl sites for hydroxylation is 1. The van der Waals surface area contributed by atoms with Gasteiger partial charge in [-0.15, -0.1) is 0 Å². The van der Waals surface area contributed by atoms with Crippen molar-refractivity contribution in [2.24, 2.45) is 0 Å². The highest BCUT2D eigenvalue weighted by molar-refractivity contribution is 5.19. The van der Waals surface area contributed by atoms with Crippen molar-refractivity contribution in [3.8, 4) is 5.75 Å². The summed E-state index contributed by atoms with van der Waals surface area (Å²) in [5.74, 6) is 0.924. The number of hydrogen-bond donors (Lipinski definition) is 1. The third-order valence-electron chi connectivity index (χ3n) is 1.23. The van der Waals surface area contributed by atoms with E-state index in [1.54, 1.807) is 13.0 Å². The summed E-state index contributed by atoms with van der Waals surface area (Å²) in [5.41, 5.74) is -0.442. The molecule has 0 saturated heterocycles. The average molecular weight is 170 g/mol. The molecule has 0 spiro atoms. The molecule has 66 valence electrons. The minimum atomic E-state index is -0.442. The van der Waals surface area contributed by atoms with E-state index in [1.807, 2.05) is 0 Å². The van der Waals surface area contributed by atoms with Crippen LogP contribution in [-0.2, 0) is 0 Å². The van der Waals surface area contributed by atoms with E-state index in [9.17, 15) is 4.79 Å². The van der Waals surface area contributed by atoms with Crippen LogP contribution in [0.25, 0.3) is 0 Å². The van der Waals surface area contributed by atoms with Gasteiger partial charge in [0, 0.05) is 6.07 Å². The van der Waals surface area contributed by atoms with Crippen molar-refractivity contribution in [2.75, 3.05) is 13.2 Å². The number of hydrogen-bond acceptors (Lipinski definition) is 4. The fourth-order valence-corrected chi connectivity index (χ4v) is 0.823. The van der Waals surface area contributed by atoms with Gasteiger partial charge in [-0.2, -0.15) is 0 Å². The van der Waals surface area contributed by atoms with Crippen molar-refractivity contribution in [1.82, 2.24) is 0 Å². The minimum Gasteiger partial charge on any atom is -0.491 e. The van der Waals surface area contributed by atoms with Gasteiger partial charge >= 0.3 is 5.63 Å². The summed E-state index contributed by atoms with van der Waals surface area (Å²) in [7, 11) is 0. The normalized spacial score (nSPS) is 9.83. The van der Waals surface area contributed by atoms with Crippen LogP contribution in [0, 0.1) is 6.92 Å². The van der Waals surface area contributed by atoms with E-state index in [4.69, 9.17) is 14.3 Å². The van der Waals surface area contributed by atoms with Crippen LogP contribution in [0.4, 0.5) is 0 Å². The largest absolute Gasteiger partial charge is 0.491 e. The SMILES string of the molecule is Cc1cc(OCCO)cc(=O)o1. The molecule has 0 atom stereocenters. The Hall–Kier alpha value is -1.29. The maximum atomic E-state index is 10.8. The Morgan fingerprint density at radius 3 is 2.92 bits per heavy atom. The van der Waals surface area contributed by atoms with Crippen molar-refractivity contribution in [3.63, 3.8) is 0 Å². The zero-order chi connectivity index (χ0) is 8.97. The van der Waals surface area contributed by atoms with Gasteiger partial charge in [0.2, 0.25) is 0 Å². The predicted octanol–water partition coefficient (Wildman–Crippen LogP) is 0.319. The van der Waals surface area contributed by atoms with Crippen LogP contribution in [0.5, 0.6) is 5.75 Å².